The average Bonchev–Trinajstić information content (AvgIpc) is 4.06. The fourth-order valence-corrected chi connectivity index (χ4v) is 12.3. The second-order valence-corrected chi connectivity index (χ2v) is 22.4. The first-order valence-corrected chi connectivity index (χ1v) is 25.8. The lowest BCUT2D eigenvalue weighted by Gasteiger charge is -2.58. The number of carbonyl (C=O) groups is 1. The topological polar surface area (TPSA) is 179 Å². The summed E-state index contributed by atoms with van der Waals surface area (Å²) in [5.74, 6) is 0.616. The van der Waals surface area contributed by atoms with Crippen LogP contribution in [0.3, 0.4) is 0 Å². The van der Waals surface area contributed by atoms with E-state index in [1.807, 2.05) is 12.1 Å². The maximum atomic E-state index is 14.0. The minimum atomic E-state index is -4.60. The smallest absolute Gasteiger partial charge is 0.312 e. The van der Waals surface area contributed by atoms with E-state index in [4.69, 9.17) is 4.74 Å². The Labute approximate surface area is 393 Å². The van der Waals surface area contributed by atoms with Crippen molar-refractivity contribution in [3.63, 3.8) is 0 Å². The highest BCUT2D eigenvalue weighted by Crippen LogP contribution is 2.54. The molecule has 3 N–H and O–H groups in total. The van der Waals surface area contributed by atoms with Gasteiger partial charge in [0.1, 0.15) is 22.0 Å². The minimum Gasteiger partial charge on any atom is -0.455 e. The second kappa shape index (κ2) is 18.1. The van der Waals surface area contributed by atoms with Crippen LogP contribution < -0.4 is 19.7 Å². The zero-order valence-electron chi connectivity index (χ0n) is 38.9. The van der Waals surface area contributed by atoms with Gasteiger partial charge in [0.15, 0.2) is 0 Å². The average molecular weight is 930 g/mol. The van der Waals surface area contributed by atoms with Crippen LogP contribution in [0.15, 0.2) is 84.1 Å². The van der Waals surface area contributed by atoms with E-state index in [9.17, 15) is 23.3 Å². The molecule has 5 aromatic rings. The fourth-order valence-electron chi connectivity index (χ4n) is 11.3. The van der Waals surface area contributed by atoms with Crippen molar-refractivity contribution < 1.29 is 22.9 Å². The van der Waals surface area contributed by atoms with Gasteiger partial charge in [-0.25, -0.2) is 23.1 Å². The number of anilines is 2. The van der Waals surface area contributed by atoms with E-state index in [2.05, 4.69) is 84.7 Å². The Balaban J connectivity index is 0.836. The van der Waals surface area contributed by atoms with Crippen molar-refractivity contribution >= 4 is 44.2 Å². The van der Waals surface area contributed by atoms with E-state index < -0.39 is 31.4 Å². The van der Waals surface area contributed by atoms with Crippen molar-refractivity contribution in [3.05, 3.63) is 106 Å². The number of pyridine rings is 2. The number of sulfonamides is 1. The molecule has 1 amide bonds. The van der Waals surface area contributed by atoms with Crippen LogP contribution in [0.4, 0.5) is 17.2 Å². The van der Waals surface area contributed by atoms with Gasteiger partial charge in [0.05, 0.1) is 22.9 Å². The molecular formula is C51H63N9O6S. The monoisotopic (exact) mass is 929 g/mol. The van der Waals surface area contributed by atoms with Crippen molar-refractivity contribution in [1.29, 1.82) is 0 Å². The van der Waals surface area contributed by atoms with Gasteiger partial charge >= 0.3 is 5.69 Å². The molecule has 1 spiro atoms. The van der Waals surface area contributed by atoms with Gasteiger partial charge in [-0.2, -0.15) is 0 Å². The summed E-state index contributed by atoms with van der Waals surface area (Å²) in [4.78, 5) is 44.5. The molecule has 3 aromatic heterocycles. The highest BCUT2D eigenvalue weighted by molar-refractivity contribution is 7.90. The van der Waals surface area contributed by atoms with E-state index in [0.29, 0.717) is 47.3 Å². The summed E-state index contributed by atoms with van der Waals surface area (Å²) in [6.45, 7) is 13.3. The molecule has 5 aliphatic rings. The fraction of sp³-hybridized carbons (Fsp3) is 0.510. The number of hydrogen-bond donors (Lipinski definition) is 3. The maximum Gasteiger partial charge on any atom is 0.312 e. The number of likely N-dealkylation sites (N-methyl/N-ethyl adjacent to an activating group) is 1. The number of piperidine rings is 1. The number of H-pyrrole nitrogens is 1. The molecule has 0 bridgehead atoms. The molecule has 354 valence electrons. The predicted octanol–water partition coefficient (Wildman–Crippen LogP) is 9.41. The first-order chi connectivity index (χ1) is 32.2. The van der Waals surface area contributed by atoms with Gasteiger partial charge < -0.3 is 24.8 Å². The van der Waals surface area contributed by atoms with Crippen LogP contribution in [0.25, 0.3) is 11.0 Å². The molecule has 5 heterocycles. The lowest BCUT2D eigenvalue weighted by molar-refractivity contribution is -0.384. The van der Waals surface area contributed by atoms with Gasteiger partial charge in [0.2, 0.25) is 5.82 Å². The molecule has 0 unspecified atom stereocenters. The predicted molar refractivity (Wildman–Crippen MR) is 259 cm³/mol. The van der Waals surface area contributed by atoms with E-state index in [0.717, 1.165) is 101 Å². The highest BCUT2D eigenvalue weighted by atomic mass is 32.2. The second-order valence-electron chi connectivity index (χ2n) is 20.7. The number of hydrogen-bond acceptors (Lipinski definition) is 12. The van der Waals surface area contributed by atoms with Gasteiger partial charge in [-0.15, -0.1) is 0 Å². The molecule has 16 heteroatoms. The van der Waals surface area contributed by atoms with Crippen LogP contribution in [0, 0.1) is 26.9 Å². The quantitative estimate of drug-likeness (QED) is 0.0711. The standard InChI is InChI=1S/C51H63N9O6S/c1-4-57-23-24-59(45(33-57)42-8-6-5-7-41(42)35-9-10-35)38-28-51(29-38)18-21-58(22-19-51)37-11-12-43(46(26-37)66-39-25-36-15-20-52-47(36)54-31-39)49(61)56-67(64,65)40-27-44(60(62)63)48(55-32-40)53-30-34-13-16-50(2,3)17-14-34/h5-8,11-12,15,20,25-27,31-32,34-35,38,45H,4,9-10,13-14,16-19,21-24,28-30,33H2,1-3H3,(H,52,54)(H,53,55)(H,56,61)/t45-/m1/s1. The van der Waals surface area contributed by atoms with Crippen LogP contribution >= 0.6 is 0 Å². The summed E-state index contributed by atoms with van der Waals surface area (Å²) in [6, 6.07) is 20.0. The Kier molecular flexibility index (Phi) is 12.2. The van der Waals surface area contributed by atoms with E-state index in [-0.39, 0.29) is 22.5 Å². The molecule has 2 aliphatic heterocycles. The lowest BCUT2D eigenvalue weighted by Crippen LogP contribution is -2.60. The lowest BCUT2D eigenvalue weighted by atomic mass is 9.59. The number of amides is 1. The molecule has 2 aromatic carbocycles. The van der Waals surface area contributed by atoms with Crippen molar-refractivity contribution in [2.45, 2.75) is 108 Å². The molecule has 0 radical (unpaired) electrons. The summed E-state index contributed by atoms with van der Waals surface area (Å²) < 4.78 is 36.0. The number of fused-ring (bicyclic) bond motifs is 1. The highest BCUT2D eigenvalue weighted by Gasteiger charge is 2.50. The number of nitro groups is 1. The molecule has 15 nitrogen and oxygen atoms in total. The first-order valence-electron chi connectivity index (χ1n) is 24.3. The number of nitrogens with one attached hydrogen (secondary N) is 3. The SMILES string of the molecule is CCN1CCN(C2CC3(CCN(c4ccc(C(=O)NS(=O)(=O)c5cnc(NCC6CCC(C)(C)CC6)c([N+](=O)[O-])c5)c(Oc5cnc6[nH]ccc6c5)c4)CC3)C2)[C@@H](c2ccccc2C2CC2)C1. The molecule has 5 fully saturated rings. The van der Waals surface area contributed by atoms with Crippen LogP contribution in [-0.2, 0) is 10.0 Å². The number of benzene rings is 2. The summed E-state index contributed by atoms with van der Waals surface area (Å²) in [5.41, 5.74) is 4.70. The van der Waals surface area contributed by atoms with Crippen LogP contribution in [-0.4, -0.2) is 95.9 Å². The number of piperazine rings is 1. The molecule has 2 saturated heterocycles. The van der Waals surface area contributed by atoms with Crippen molar-refractivity contribution in [2.75, 3.05) is 56.0 Å². The number of rotatable bonds is 14. The van der Waals surface area contributed by atoms with Crippen LogP contribution in [0.2, 0.25) is 0 Å². The Morgan fingerprint density at radius 2 is 1.69 bits per heavy atom. The largest absolute Gasteiger partial charge is 0.455 e. The van der Waals surface area contributed by atoms with E-state index >= 15 is 0 Å². The van der Waals surface area contributed by atoms with Gasteiger partial charge in [0.25, 0.3) is 15.9 Å². The van der Waals surface area contributed by atoms with E-state index in [1.54, 1.807) is 36.2 Å². The molecule has 3 saturated carbocycles. The zero-order valence-corrected chi connectivity index (χ0v) is 39.7. The third-order valence-electron chi connectivity index (χ3n) is 15.7. The number of ether oxygens (including phenoxy) is 1. The summed E-state index contributed by atoms with van der Waals surface area (Å²) in [5, 5.41) is 16.1. The van der Waals surface area contributed by atoms with Gasteiger partial charge in [-0.05, 0) is 129 Å². The first kappa shape index (κ1) is 45.2. The Bertz CT molecular complexity index is 2750. The third-order valence-corrected chi connectivity index (χ3v) is 17.0. The molecule has 67 heavy (non-hydrogen) atoms. The maximum absolute atomic E-state index is 14.0. The van der Waals surface area contributed by atoms with Crippen molar-refractivity contribution in [1.82, 2.24) is 29.5 Å². The molecule has 10 rings (SSSR count). The molecular weight excluding hydrogens is 867 g/mol. The molecule has 1 atom stereocenters. The van der Waals surface area contributed by atoms with Crippen LogP contribution in [0.5, 0.6) is 11.5 Å². The minimum absolute atomic E-state index is 0.00968. The normalized spacial score (nSPS) is 21.5. The Morgan fingerprint density at radius 1 is 0.925 bits per heavy atom. The number of carbonyl (C=O) groups excluding carboxylic acids is 1. The Hall–Kier alpha value is -5.58. The summed E-state index contributed by atoms with van der Waals surface area (Å²) in [6.07, 6.45) is 15.6. The number of nitrogens with zero attached hydrogens (tertiary/aromatic N) is 6. The van der Waals surface area contributed by atoms with Crippen LogP contribution in [0.1, 0.15) is 118 Å². The molecule has 3 aliphatic carbocycles. The summed E-state index contributed by atoms with van der Waals surface area (Å²) >= 11 is 0. The number of aromatic amines is 1. The summed E-state index contributed by atoms with van der Waals surface area (Å²) in [7, 11) is -4.60. The zero-order chi connectivity index (χ0) is 46.5. The van der Waals surface area contributed by atoms with E-state index in [1.165, 1.54) is 31.2 Å². The van der Waals surface area contributed by atoms with Gasteiger partial charge in [-0.3, -0.25) is 19.8 Å². The third kappa shape index (κ3) is 9.62. The van der Waals surface area contributed by atoms with Crippen molar-refractivity contribution in [2.24, 2.45) is 16.7 Å². The van der Waals surface area contributed by atoms with Gasteiger partial charge in [-0.1, -0.05) is 45.0 Å². The van der Waals surface area contributed by atoms with Gasteiger partial charge in [0, 0.05) is 80.8 Å². The van der Waals surface area contributed by atoms with Crippen molar-refractivity contribution in [3.8, 4) is 11.5 Å². The Morgan fingerprint density at radius 3 is 2.42 bits per heavy atom. The number of aromatic nitrogens is 3.